The number of amides is 1. The highest BCUT2D eigenvalue weighted by Crippen LogP contribution is 2.30. The van der Waals surface area contributed by atoms with Gasteiger partial charge in [-0.2, -0.15) is 4.37 Å². The molecule has 3 heterocycles. The van der Waals surface area contributed by atoms with Crippen LogP contribution in [0.3, 0.4) is 0 Å². The molecular formula is C24H25Cl2N5OS. The number of halogens is 2. The van der Waals surface area contributed by atoms with Crippen LogP contribution in [0.1, 0.15) is 24.2 Å². The van der Waals surface area contributed by atoms with Crippen molar-refractivity contribution < 1.29 is 4.79 Å². The van der Waals surface area contributed by atoms with Crippen molar-refractivity contribution in [1.82, 2.24) is 14.3 Å². The summed E-state index contributed by atoms with van der Waals surface area (Å²) >= 11 is 13.7. The third-order valence-corrected chi connectivity index (χ3v) is 7.66. The lowest BCUT2D eigenvalue weighted by molar-refractivity contribution is -0.132. The Balaban J connectivity index is 1.22. The lowest BCUT2D eigenvalue weighted by Crippen LogP contribution is -2.54. The Bertz CT molecular complexity index is 1110. The molecule has 5 rings (SSSR count). The summed E-state index contributed by atoms with van der Waals surface area (Å²) in [5.41, 5.74) is 2.16. The Labute approximate surface area is 207 Å². The first-order chi connectivity index (χ1) is 16.1. The van der Waals surface area contributed by atoms with Gasteiger partial charge < -0.3 is 14.7 Å². The summed E-state index contributed by atoms with van der Waals surface area (Å²) in [7, 11) is 0. The highest BCUT2D eigenvalue weighted by molar-refractivity contribution is 7.09. The van der Waals surface area contributed by atoms with Gasteiger partial charge in [-0.3, -0.25) is 4.79 Å². The van der Waals surface area contributed by atoms with Crippen LogP contribution in [-0.2, 0) is 11.2 Å². The number of hydrogen-bond acceptors (Lipinski definition) is 6. The maximum absolute atomic E-state index is 13.4. The topological polar surface area (TPSA) is 52.6 Å². The van der Waals surface area contributed by atoms with Crippen molar-refractivity contribution >= 4 is 51.5 Å². The fraction of sp³-hybridized carbons (Fsp3) is 0.375. The lowest BCUT2D eigenvalue weighted by Gasteiger charge is -2.38. The molecule has 0 aliphatic carbocycles. The van der Waals surface area contributed by atoms with Gasteiger partial charge in [-0.1, -0.05) is 47.5 Å². The summed E-state index contributed by atoms with van der Waals surface area (Å²) in [4.78, 5) is 24.6. The molecule has 0 radical (unpaired) electrons. The van der Waals surface area contributed by atoms with Crippen molar-refractivity contribution in [1.29, 1.82) is 0 Å². The van der Waals surface area contributed by atoms with Gasteiger partial charge >= 0.3 is 0 Å². The summed E-state index contributed by atoms with van der Waals surface area (Å²) in [6.07, 6.45) is 2.50. The maximum Gasteiger partial charge on any atom is 0.245 e. The zero-order valence-electron chi connectivity index (χ0n) is 18.2. The number of carbonyl (C=O) groups excluding carboxylic acids is 1. The molecule has 2 saturated heterocycles. The van der Waals surface area contributed by atoms with Gasteiger partial charge in [0.25, 0.3) is 0 Å². The van der Waals surface area contributed by atoms with E-state index in [1.807, 2.05) is 53.4 Å². The third-order valence-electron chi connectivity index (χ3n) is 6.30. The summed E-state index contributed by atoms with van der Waals surface area (Å²) in [5.74, 6) is 0.976. The number of piperazine rings is 1. The first-order valence-electron chi connectivity index (χ1n) is 11.2. The minimum atomic E-state index is -0.159. The van der Waals surface area contributed by atoms with Gasteiger partial charge in [0.2, 0.25) is 11.0 Å². The van der Waals surface area contributed by atoms with Crippen LogP contribution in [0.15, 0.2) is 48.5 Å². The summed E-state index contributed by atoms with van der Waals surface area (Å²) < 4.78 is 4.55. The van der Waals surface area contributed by atoms with Crippen molar-refractivity contribution in [3.05, 3.63) is 70.0 Å². The maximum atomic E-state index is 13.4. The van der Waals surface area contributed by atoms with Crippen molar-refractivity contribution in [3.63, 3.8) is 0 Å². The first kappa shape index (κ1) is 22.4. The molecule has 0 N–H and O–H groups in total. The van der Waals surface area contributed by atoms with Gasteiger partial charge in [0.15, 0.2) is 0 Å². The molecule has 0 bridgehead atoms. The number of hydrogen-bond donors (Lipinski definition) is 0. The molecule has 6 nitrogen and oxygen atoms in total. The van der Waals surface area contributed by atoms with Crippen molar-refractivity contribution in [3.8, 4) is 0 Å². The predicted octanol–water partition coefficient (Wildman–Crippen LogP) is 4.75. The van der Waals surface area contributed by atoms with E-state index >= 15 is 0 Å². The molecule has 2 fully saturated rings. The second-order valence-corrected chi connectivity index (χ2v) is 9.99. The van der Waals surface area contributed by atoms with E-state index in [-0.39, 0.29) is 11.9 Å². The molecule has 2 aromatic carbocycles. The normalized spacial score (nSPS) is 18.7. The van der Waals surface area contributed by atoms with Crippen LogP contribution in [0.25, 0.3) is 0 Å². The smallest absolute Gasteiger partial charge is 0.245 e. The molecule has 33 heavy (non-hydrogen) atoms. The van der Waals surface area contributed by atoms with Crippen LogP contribution < -0.4 is 9.80 Å². The van der Waals surface area contributed by atoms with Crippen LogP contribution >= 0.6 is 34.7 Å². The average Bonchev–Trinajstić information content (AvgIpc) is 3.50. The van der Waals surface area contributed by atoms with E-state index in [1.54, 1.807) is 0 Å². The molecule has 0 spiro atoms. The zero-order valence-corrected chi connectivity index (χ0v) is 20.5. The van der Waals surface area contributed by atoms with E-state index in [4.69, 9.17) is 28.2 Å². The lowest BCUT2D eigenvalue weighted by atomic mass is 10.1. The quantitative estimate of drug-likeness (QED) is 0.504. The van der Waals surface area contributed by atoms with Crippen molar-refractivity contribution in [2.75, 3.05) is 42.5 Å². The molecule has 1 aromatic heterocycles. The first-order valence-corrected chi connectivity index (χ1v) is 12.7. The fourth-order valence-corrected chi connectivity index (χ4v) is 5.70. The largest absolute Gasteiger partial charge is 0.367 e. The average molecular weight is 502 g/mol. The number of carbonyl (C=O) groups is 1. The molecule has 2 aliphatic rings. The fourth-order valence-electron chi connectivity index (χ4n) is 4.56. The van der Waals surface area contributed by atoms with E-state index in [0.29, 0.717) is 19.5 Å². The summed E-state index contributed by atoms with van der Waals surface area (Å²) in [6.45, 7) is 3.81. The molecule has 9 heteroatoms. The molecule has 1 unspecified atom stereocenters. The third kappa shape index (κ3) is 4.95. The second kappa shape index (κ2) is 9.87. The van der Waals surface area contributed by atoms with Crippen LogP contribution in [0, 0.1) is 0 Å². The molecule has 2 aliphatic heterocycles. The summed E-state index contributed by atoms with van der Waals surface area (Å²) in [6, 6.07) is 15.5. The summed E-state index contributed by atoms with van der Waals surface area (Å²) in [5, 5.41) is 2.31. The predicted molar refractivity (Wildman–Crippen MR) is 135 cm³/mol. The Kier molecular flexibility index (Phi) is 6.71. The number of para-hydroxylation sites is 1. The number of aromatic nitrogens is 2. The molecule has 1 atom stereocenters. The van der Waals surface area contributed by atoms with Crippen LogP contribution in [-0.4, -0.2) is 58.9 Å². The number of nitrogens with zero attached hydrogens (tertiary/aromatic N) is 5. The van der Waals surface area contributed by atoms with Crippen LogP contribution in [0.4, 0.5) is 10.8 Å². The standard InChI is InChI=1S/C24H25Cl2N5OS/c25-18-9-7-17(8-10-18)16-22-27-24(33-28-22)31-11-3-6-21(31)23(32)30-14-12-29(13-15-30)20-5-2-1-4-19(20)26/h1-2,4-5,7-10,21H,3,6,11-16H2. The molecule has 1 amide bonds. The molecule has 0 saturated carbocycles. The minimum absolute atomic E-state index is 0.159. The monoisotopic (exact) mass is 501 g/mol. The van der Waals surface area contributed by atoms with Gasteiger partial charge in [-0.25, -0.2) is 4.98 Å². The van der Waals surface area contributed by atoms with Crippen molar-refractivity contribution in [2.24, 2.45) is 0 Å². The Morgan fingerprint density at radius 1 is 1.00 bits per heavy atom. The minimum Gasteiger partial charge on any atom is -0.367 e. The Morgan fingerprint density at radius 2 is 1.76 bits per heavy atom. The molecule has 172 valence electrons. The molecular weight excluding hydrogens is 477 g/mol. The van der Waals surface area contributed by atoms with Gasteiger partial charge in [0, 0.05) is 55.7 Å². The number of anilines is 2. The number of rotatable bonds is 5. The SMILES string of the molecule is O=C(C1CCCN1c1nc(Cc2ccc(Cl)cc2)ns1)N1CCN(c2ccccc2Cl)CC1. The Morgan fingerprint density at radius 3 is 2.52 bits per heavy atom. The van der Waals surface area contributed by atoms with E-state index < -0.39 is 0 Å². The van der Waals surface area contributed by atoms with E-state index in [0.717, 1.165) is 64.7 Å². The van der Waals surface area contributed by atoms with Crippen LogP contribution in [0.5, 0.6) is 0 Å². The number of benzene rings is 2. The van der Waals surface area contributed by atoms with E-state index in [2.05, 4.69) is 14.2 Å². The zero-order chi connectivity index (χ0) is 22.8. The van der Waals surface area contributed by atoms with Gasteiger partial charge in [0.05, 0.1) is 10.7 Å². The highest BCUT2D eigenvalue weighted by Gasteiger charge is 2.36. The highest BCUT2D eigenvalue weighted by atomic mass is 35.5. The van der Waals surface area contributed by atoms with E-state index in [9.17, 15) is 4.79 Å². The van der Waals surface area contributed by atoms with Gasteiger partial charge in [-0.05, 0) is 42.7 Å². The van der Waals surface area contributed by atoms with Gasteiger partial charge in [-0.15, -0.1) is 0 Å². The van der Waals surface area contributed by atoms with E-state index in [1.165, 1.54) is 11.5 Å². The van der Waals surface area contributed by atoms with Crippen molar-refractivity contribution in [2.45, 2.75) is 25.3 Å². The van der Waals surface area contributed by atoms with Crippen LogP contribution in [0.2, 0.25) is 10.0 Å². The van der Waals surface area contributed by atoms with Gasteiger partial charge in [0.1, 0.15) is 11.9 Å². The second-order valence-electron chi connectivity index (χ2n) is 8.41. The Hall–Kier alpha value is -2.35. The molecule has 3 aromatic rings.